The van der Waals surface area contributed by atoms with Crippen molar-refractivity contribution in [3.63, 3.8) is 0 Å². The Kier molecular flexibility index (Phi) is 6.23. The van der Waals surface area contributed by atoms with Gasteiger partial charge in [0.05, 0.1) is 0 Å². The van der Waals surface area contributed by atoms with Gasteiger partial charge in [0, 0.05) is 23.7 Å². The van der Waals surface area contributed by atoms with E-state index in [1.807, 2.05) is 12.1 Å². The number of sulfonamides is 1. The molecule has 31 heavy (non-hydrogen) atoms. The molecule has 0 saturated carbocycles. The minimum Gasteiger partial charge on any atom is -0.301 e. The number of ketones is 1. The molecule has 0 spiro atoms. The molecule has 3 rings (SSSR count). The van der Waals surface area contributed by atoms with Gasteiger partial charge in [0.25, 0.3) is 14.4 Å². The van der Waals surface area contributed by atoms with Gasteiger partial charge in [-0.25, -0.2) is 0 Å². The Bertz CT molecular complexity index is 1230. The summed E-state index contributed by atoms with van der Waals surface area (Å²) in [5, 5.41) is 9.71. The Morgan fingerprint density at radius 1 is 0.968 bits per heavy atom. The van der Waals surface area contributed by atoms with Crippen LogP contribution in [0.1, 0.15) is 49.2 Å². The average Bonchev–Trinajstić information content (AvgIpc) is 3.15. The van der Waals surface area contributed by atoms with Gasteiger partial charge >= 0.3 is 0 Å². The maximum absolute atomic E-state index is 12.9. The number of aromatic nitrogens is 2. The first-order chi connectivity index (χ1) is 14.5. The van der Waals surface area contributed by atoms with E-state index in [1.54, 1.807) is 24.3 Å². The molecule has 0 atom stereocenters. The van der Waals surface area contributed by atoms with E-state index >= 15 is 0 Å². The van der Waals surface area contributed by atoms with Crippen molar-refractivity contribution in [1.82, 2.24) is 10.2 Å². The van der Waals surface area contributed by atoms with Gasteiger partial charge in [-0.3, -0.25) is 14.3 Å². The van der Waals surface area contributed by atoms with Crippen molar-refractivity contribution >= 4 is 43.9 Å². The van der Waals surface area contributed by atoms with Crippen LogP contribution in [0.4, 0.5) is 10.8 Å². The molecule has 2 aromatic carbocycles. The lowest BCUT2D eigenvalue weighted by molar-refractivity contribution is -0.114. The van der Waals surface area contributed by atoms with E-state index in [9.17, 15) is 18.0 Å². The van der Waals surface area contributed by atoms with Crippen molar-refractivity contribution in [2.75, 3.05) is 10.0 Å². The van der Waals surface area contributed by atoms with Crippen molar-refractivity contribution in [2.24, 2.45) is 0 Å². The zero-order valence-corrected chi connectivity index (χ0v) is 19.1. The molecule has 0 aliphatic carbocycles. The van der Waals surface area contributed by atoms with Crippen molar-refractivity contribution in [1.29, 1.82) is 0 Å². The molecule has 0 aliphatic rings. The van der Waals surface area contributed by atoms with E-state index in [-0.39, 0.29) is 32.3 Å². The summed E-state index contributed by atoms with van der Waals surface area (Å²) in [7, 11) is -4.03. The first-order valence-electron chi connectivity index (χ1n) is 9.35. The molecule has 3 aromatic rings. The lowest BCUT2D eigenvalue weighted by Crippen LogP contribution is -2.13. The zero-order valence-electron chi connectivity index (χ0n) is 17.5. The van der Waals surface area contributed by atoms with Crippen molar-refractivity contribution in [3.05, 3.63) is 65.2 Å². The number of hydrogen-bond acceptors (Lipinski definition) is 7. The molecule has 0 fully saturated rings. The van der Waals surface area contributed by atoms with Crippen LogP contribution < -0.4 is 10.0 Å². The molecular weight excluding hydrogens is 436 g/mol. The molecule has 0 unspecified atom stereocenters. The second kappa shape index (κ2) is 8.56. The fraction of sp³-hybridized carbons (Fsp3) is 0.238. The van der Waals surface area contributed by atoms with Crippen LogP contribution in [0.25, 0.3) is 0 Å². The van der Waals surface area contributed by atoms with Crippen molar-refractivity contribution in [3.8, 4) is 0 Å². The molecule has 1 aromatic heterocycles. The van der Waals surface area contributed by atoms with Crippen LogP contribution in [-0.4, -0.2) is 30.3 Å². The molecule has 2 N–H and O–H groups in total. The highest BCUT2D eigenvalue weighted by Gasteiger charge is 2.21. The number of carbonyl (C=O) groups excluding carboxylic acids is 2. The third-order valence-corrected chi connectivity index (χ3v) is 6.90. The van der Waals surface area contributed by atoms with Gasteiger partial charge in [0.15, 0.2) is 5.78 Å². The van der Waals surface area contributed by atoms with Gasteiger partial charge in [0.1, 0.15) is 0 Å². The molecule has 8 nitrogen and oxygen atoms in total. The second-order valence-electron chi connectivity index (χ2n) is 7.90. The van der Waals surface area contributed by atoms with Crippen LogP contribution in [0.5, 0.6) is 0 Å². The molecule has 162 valence electrons. The lowest BCUT2D eigenvalue weighted by atomic mass is 9.86. The van der Waals surface area contributed by atoms with Gasteiger partial charge < -0.3 is 5.32 Å². The number of anilines is 2. The first kappa shape index (κ1) is 22.6. The predicted molar refractivity (Wildman–Crippen MR) is 120 cm³/mol. The van der Waals surface area contributed by atoms with Crippen LogP contribution in [0, 0.1) is 0 Å². The standard InChI is InChI=1S/C21H22N4O4S2/c1-13(26)22-19-23-24-20(30-19)31(28,29)25-17-7-5-6-15(12-17)18(27)14-8-10-16(11-9-14)21(2,3)4/h5-12,25H,1-4H3,(H,22,23,26). The highest BCUT2D eigenvalue weighted by molar-refractivity contribution is 7.94. The number of nitrogens with zero attached hydrogens (tertiary/aromatic N) is 2. The van der Waals surface area contributed by atoms with Crippen molar-refractivity contribution < 1.29 is 18.0 Å². The zero-order chi connectivity index (χ0) is 22.8. The molecular formula is C21H22N4O4S2. The minimum atomic E-state index is -4.03. The van der Waals surface area contributed by atoms with Crippen LogP contribution in [0.15, 0.2) is 52.9 Å². The number of carbonyl (C=O) groups is 2. The predicted octanol–water partition coefficient (Wildman–Crippen LogP) is 3.83. The summed E-state index contributed by atoms with van der Waals surface area (Å²) in [6.45, 7) is 7.57. The van der Waals surface area contributed by atoms with Crippen LogP contribution in [0.2, 0.25) is 0 Å². The number of rotatable bonds is 6. The maximum Gasteiger partial charge on any atom is 0.291 e. The van der Waals surface area contributed by atoms with Gasteiger partial charge in [-0.1, -0.05) is 68.5 Å². The van der Waals surface area contributed by atoms with E-state index in [2.05, 4.69) is 41.0 Å². The molecule has 1 heterocycles. The number of hydrogen-bond donors (Lipinski definition) is 2. The molecule has 0 saturated heterocycles. The minimum absolute atomic E-state index is 0.0236. The highest BCUT2D eigenvalue weighted by atomic mass is 32.2. The Morgan fingerprint density at radius 3 is 2.26 bits per heavy atom. The SMILES string of the molecule is CC(=O)Nc1nnc(S(=O)(=O)Nc2cccc(C(=O)c3ccc(C(C)(C)C)cc3)c2)s1. The number of amides is 1. The summed E-state index contributed by atoms with van der Waals surface area (Å²) < 4.78 is 27.3. The quantitative estimate of drug-likeness (QED) is 0.428. The smallest absolute Gasteiger partial charge is 0.291 e. The van der Waals surface area contributed by atoms with Gasteiger partial charge in [0.2, 0.25) is 11.0 Å². The summed E-state index contributed by atoms with van der Waals surface area (Å²) in [5.41, 5.74) is 2.16. The van der Waals surface area contributed by atoms with E-state index < -0.39 is 10.0 Å². The Morgan fingerprint density at radius 2 is 1.65 bits per heavy atom. The largest absolute Gasteiger partial charge is 0.301 e. The summed E-state index contributed by atoms with van der Waals surface area (Å²) in [6.07, 6.45) is 0. The average molecular weight is 459 g/mol. The van der Waals surface area contributed by atoms with Crippen LogP contribution >= 0.6 is 11.3 Å². The number of nitrogens with one attached hydrogen (secondary N) is 2. The van der Waals surface area contributed by atoms with E-state index in [0.29, 0.717) is 11.1 Å². The monoisotopic (exact) mass is 458 g/mol. The molecule has 0 aliphatic heterocycles. The Labute approximate surface area is 184 Å². The lowest BCUT2D eigenvalue weighted by Gasteiger charge is -2.19. The third kappa shape index (κ3) is 5.53. The van der Waals surface area contributed by atoms with Crippen LogP contribution in [-0.2, 0) is 20.2 Å². The summed E-state index contributed by atoms with van der Waals surface area (Å²) in [4.78, 5) is 23.9. The van der Waals surface area contributed by atoms with E-state index in [1.165, 1.54) is 19.1 Å². The Balaban J connectivity index is 1.80. The van der Waals surface area contributed by atoms with Gasteiger partial charge in [-0.05, 0) is 23.1 Å². The summed E-state index contributed by atoms with van der Waals surface area (Å²) in [6, 6.07) is 13.6. The maximum atomic E-state index is 12.9. The molecule has 0 bridgehead atoms. The first-order valence-corrected chi connectivity index (χ1v) is 11.6. The van der Waals surface area contributed by atoms with Gasteiger partial charge in [-0.15, -0.1) is 10.2 Å². The topological polar surface area (TPSA) is 118 Å². The fourth-order valence-corrected chi connectivity index (χ4v) is 4.73. The Hall–Kier alpha value is -3.11. The van der Waals surface area contributed by atoms with Gasteiger partial charge in [-0.2, -0.15) is 8.42 Å². The highest BCUT2D eigenvalue weighted by Crippen LogP contribution is 2.25. The molecule has 0 radical (unpaired) electrons. The molecule has 10 heteroatoms. The summed E-state index contributed by atoms with van der Waals surface area (Å²) >= 11 is 0.726. The van der Waals surface area contributed by atoms with E-state index in [4.69, 9.17) is 0 Å². The fourth-order valence-electron chi connectivity index (χ4n) is 2.73. The number of benzene rings is 2. The third-order valence-electron chi connectivity index (χ3n) is 4.31. The van der Waals surface area contributed by atoms with Crippen molar-refractivity contribution in [2.45, 2.75) is 37.4 Å². The normalized spacial score (nSPS) is 11.7. The van der Waals surface area contributed by atoms with Crippen LogP contribution in [0.3, 0.4) is 0 Å². The summed E-state index contributed by atoms with van der Waals surface area (Å²) in [5.74, 6) is -0.597. The molecule has 1 amide bonds. The van der Waals surface area contributed by atoms with E-state index in [0.717, 1.165) is 16.9 Å². The second-order valence-corrected chi connectivity index (χ2v) is 10.7.